The summed E-state index contributed by atoms with van der Waals surface area (Å²) in [5.74, 6) is 0.388. The number of halogens is 2. The van der Waals surface area contributed by atoms with E-state index in [1.54, 1.807) is 0 Å². The maximum atomic E-state index is 5.81. The highest BCUT2D eigenvalue weighted by atomic mass is 79.9. The molecular weight excluding hydrogens is 332 g/mol. The molecule has 0 saturated heterocycles. The maximum absolute atomic E-state index is 5.81. The van der Waals surface area contributed by atoms with E-state index in [1.165, 1.54) is 0 Å². The van der Waals surface area contributed by atoms with Gasteiger partial charge in [-0.25, -0.2) is 0 Å². The fourth-order valence-electron chi connectivity index (χ4n) is 1.42. The number of anilines is 1. The van der Waals surface area contributed by atoms with Crippen molar-refractivity contribution in [2.45, 2.75) is 13.5 Å². The molecule has 100 valence electrons. The molecule has 1 aromatic carbocycles. The summed E-state index contributed by atoms with van der Waals surface area (Å²) in [7, 11) is 0. The third-order valence-corrected chi connectivity index (χ3v) is 3.20. The summed E-state index contributed by atoms with van der Waals surface area (Å²) in [5.41, 5.74) is 1.09. The van der Waals surface area contributed by atoms with Crippen LogP contribution >= 0.6 is 27.5 Å². The van der Waals surface area contributed by atoms with Gasteiger partial charge in [-0.15, -0.1) is 0 Å². The predicted octanol–water partition coefficient (Wildman–Crippen LogP) is 3.30. The van der Waals surface area contributed by atoms with Crippen LogP contribution in [0.4, 0.5) is 5.95 Å². The zero-order valence-corrected chi connectivity index (χ0v) is 12.6. The van der Waals surface area contributed by atoms with Crippen molar-refractivity contribution in [1.82, 2.24) is 15.0 Å². The van der Waals surface area contributed by atoms with Crippen LogP contribution in [0.15, 0.2) is 28.7 Å². The van der Waals surface area contributed by atoms with Gasteiger partial charge < -0.3 is 10.1 Å². The van der Waals surface area contributed by atoms with Gasteiger partial charge in [0.15, 0.2) is 0 Å². The van der Waals surface area contributed by atoms with Crippen LogP contribution in [0.5, 0.6) is 6.01 Å². The molecule has 2 aromatic rings. The van der Waals surface area contributed by atoms with Gasteiger partial charge in [0.1, 0.15) is 0 Å². The molecule has 2 rings (SSSR count). The molecule has 5 nitrogen and oxygen atoms in total. The molecule has 1 heterocycles. The van der Waals surface area contributed by atoms with E-state index in [-0.39, 0.29) is 11.3 Å². The molecule has 0 aliphatic carbocycles. The van der Waals surface area contributed by atoms with Crippen molar-refractivity contribution >= 4 is 33.5 Å². The Bertz CT molecular complexity index is 567. The molecule has 7 heteroatoms. The molecule has 0 fully saturated rings. The van der Waals surface area contributed by atoms with Gasteiger partial charge in [0.25, 0.3) is 0 Å². The van der Waals surface area contributed by atoms with Crippen LogP contribution in [0, 0.1) is 0 Å². The Balaban J connectivity index is 2.09. The summed E-state index contributed by atoms with van der Waals surface area (Å²) >= 11 is 9.29. The third kappa shape index (κ3) is 4.04. The topological polar surface area (TPSA) is 59.9 Å². The van der Waals surface area contributed by atoms with E-state index < -0.39 is 0 Å². The van der Waals surface area contributed by atoms with E-state index >= 15 is 0 Å². The first-order chi connectivity index (χ1) is 9.19. The zero-order chi connectivity index (χ0) is 13.7. The van der Waals surface area contributed by atoms with Gasteiger partial charge in [-0.1, -0.05) is 34.1 Å². The molecule has 0 amide bonds. The van der Waals surface area contributed by atoms with Gasteiger partial charge in [0.05, 0.1) is 6.61 Å². The molecule has 0 aliphatic rings. The van der Waals surface area contributed by atoms with Crippen molar-refractivity contribution in [2.75, 3.05) is 11.9 Å². The molecule has 1 N–H and O–H groups in total. The molecular formula is C12H12BrClN4O. The lowest BCUT2D eigenvalue weighted by molar-refractivity contribution is 0.312. The maximum Gasteiger partial charge on any atom is 0.322 e. The van der Waals surface area contributed by atoms with E-state index in [4.69, 9.17) is 16.3 Å². The minimum absolute atomic E-state index is 0.105. The Labute approximate surface area is 124 Å². The SMILES string of the molecule is CCOc1nc(Cl)nc(NCc2ccccc2Br)n1. The number of hydrogen-bond donors (Lipinski definition) is 1. The van der Waals surface area contributed by atoms with Crippen LogP contribution in [-0.4, -0.2) is 21.6 Å². The van der Waals surface area contributed by atoms with Gasteiger partial charge in [-0.2, -0.15) is 15.0 Å². The van der Waals surface area contributed by atoms with E-state index in [1.807, 2.05) is 31.2 Å². The minimum Gasteiger partial charge on any atom is -0.464 e. The average Bonchev–Trinajstić information content (AvgIpc) is 2.37. The van der Waals surface area contributed by atoms with Crippen LogP contribution in [0.3, 0.4) is 0 Å². The van der Waals surface area contributed by atoms with Crippen molar-refractivity contribution in [3.05, 3.63) is 39.6 Å². The Hall–Kier alpha value is -1.40. The average molecular weight is 344 g/mol. The first-order valence-electron chi connectivity index (χ1n) is 5.70. The van der Waals surface area contributed by atoms with Gasteiger partial charge in [0, 0.05) is 11.0 Å². The predicted molar refractivity (Wildman–Crippen MR) is 77.5 cm³/mol. The van der Waals surface area contributed by atoms with Gasteiger partial charge in [-0.3, -0.25) is 0 Å². The lowest BCUT2D eigenvalue weighted by atomic mass is 10.2. The van der Waals surface area contributed by atoms with Crippen molar-refractivity contribution < 1.29 is 4.74 Å². The van der Waals surface area contributed by atoms with Crippen molar-refractivity contribution in [1.29, 1.82) is 0 Å². The number of nitrogens with zero attached hydrogens (tertiary/aromatic N) is 3. The minimum atomic E-state index is 0.105. The summed E-state index contributed by atoms with van der Waals surface area (Å²) in [6.07, 6.45) is 0. The summed E-state index contributed by atoms with van der Waals surface area (Å²) < 4.78 is 6.23. The Morgan fingerprint density at radius 1 is 1.26 bits per heavy atom. The van der Waals surface area contributed by atoms with Crippen LogP contribution < -0.4 is 10.1 Å². The number of rotatable bonds is 5. The Morgan fingerprint density at radius 2 is 2.05 bits per heavy atom. The Kier molecular flexibility index (Phi) is 4.93. The molecule has 0 radical (unpaired) electrons. The number of hydrogen-bond acceptors (Lipinski definition) is 5. The van der Waals surface area contributed by atoms with Crippen LogP contribution in [-0.2, 0) is 6.54 Å². The molecule has 1 aromatic heterocycles. The third-order valence-electron chi connectivity index (χ3n) is 2.26. The first kappa shape index (κ1) is 14.0. The quantitative estimate of drug-likeness (QED) is 0.902. The van der Waals surface area contributed by atoms with Gasteiger partial charge in [0.2, 0.25) is 11.2 Å². The number of nitrogens with one attached hydrogen (secondary N) is 1. The fraction of sp³-hybridized carbons (Fsp3) is 0.250. The second kappa shape index (κ2) is 6.68. The van der Waals surface area contributed by atoms with Crippen LogP contribution in [0.2, 0.25) is 5.28 Å². The smallest absolute Gasteiger partial charge is 0.322 e. The van der Waals surface area contributed by atoms with Gasteiger partial charge in [-0.05, 0) is 30.2 Å². The molecule has 0 aliphatic heterocycles. The zero-order valence-electron chi connectivity index (χ0n) is 10.2. The van der Waals surface area contributed by atoms with E-state index in [0.29, 0.717) is 19.1 Å². The van der Waals surface area contributed by atoms with Crippen molar-refractivity contribution in [2.24, 2.45) is 0 Å². The second-order valence-electron chi connectivity index (χ2n) is 3.59. The lowest BCUT2D eigenvalue weighted by Gasteiger charge is -2.08. The summed E-state index contributed by atoms with van der Waals surface area (Å²) in [5, 5.41) is 3.19. The van der Waals surface area contributed by atoms with Crippen LogP contribution in [0.1, 0.15) is 12.5 Å². The highest BCUT2D eigenvalue weighted by Crippen LogP contribution is 2.17. The summed E-state index contributed by atoms with van der Waals surface area (Å²) in [6, 6.07) is 8.12. The normalized spacial score (nSPS) is 10.3. The standard InChI is InChI=1S/C12H12BrClN4O/c1-2-19-12-17-10(14)16-11(18-12)15-7-8-5-3-4-6-9(8)13/h3-6H,2,7H2,1H3,(H,15,16,17,18). The molecule has 0 spiro atoms. The summed E-state index contributed by atoms with van der Waals surface area (Å²) in [4.78, 5) is 12.0. The lowest BCUT2D eigenvalue weighted by Crippen LogP contribution is -2.07. The molecule has 0 unspecified atom stereocenters. The highest BCUT2D eigenvalue weighted by molar-refractivity contribution is 9.10. The molecule has 19 heavy (non-hydrogen) atoms. The number of ether oxygens (including phenoxy) is 1. The van der Waals surface area contributed by atoms with Crippen molar-refractivity contribution in [3.8, 4) is 6.01 Å². The molecule has 0 bridgehead atoms. The second-order valence-corrected chi connectivity index (χ2v) is 4.78. The van der Waals surface area contributed by atoms with E-state index in [0.717, 1.165) is 10.0 Å². The van der Waals surface area contributed by atoms with E-state index in [9.17, 15) is 0 Å². The number of aromatic nitrogens is 3. The fourth-order valence-corrected chi connectivity index (χ4v) is 2.00. The largest absolute Gasteiger partial charge is 0.464 e. The van der Waals surface area contributed by atoms with Crippen molar-refractivity contribution in [3.63, 3.8) is 0 Å². The summed E-state index contributed by atoms with van der Waals surface area (Å²) in [6.45, 7) is 2.91. The van der Waals surface area contributed by atoms with Crippen LogP contribution in [0.25, 0.3) is 0 Å². The van der Waals surface area contributed by atoms with Gasteiger partial charge >= 0.3 is 6.01 Å². The van der Waals surface area contributed by atoms with E-state index in [2.05, 4.69) is 36.2 Å². The molecule has 0 saturated carbocycles. The molecule has 0 atom stereocenters. The first-order valence-corrected chi connectivity index (χ1v) is 6.87. The monoisotopic (exact) mass is 342 g/mol. The highest BCUT2D eigenvalue weighted by Gasteiger charge is 2.06. The number of benzene rings is 1. The Morgan fingerprint density at radius 3 is 2.79 bits per heavy atom.